The van der Waals surface area contributed by atoms with E-state index in [0.29, 0.717) is 13.1 Å². The van der Waals surface area contributed by atoms with Crippen molar-refractivity contribution < 1.29 is 13.5 Å². The average Bonchev–Trinajstić information content (AvgIpc) is 2.23. The standard InChI is InChI=1S/C15H18F2N2O/c1-14(2)8-19(9-15(3,4)20-14)13-11(16)5-10(7-18)6-12(13)17/h5-6H,8-9H2,1-4H3. The monoisotopic (exact) mass is 280 g/mol. The van der Waals surface area contributed by atoms with Gasteiger partial charge in [-0.3, -0.25) is 0 Å². The van der Waals surface area contributed by atoms with Crippen molar-refractivity contribution in [2.75, 3.05) is 18.0 Å². The molecule has 1 aliphatic heterocycles. The van der Waals surface area contributed by atoms with Crippen LogP contribution in [0.3, 0.4) is 0 Å². The molecule has 0 bridgehead atoms. The predicted octanol–water partition coefficient (Wildman–Crippen LogP) is 3.23. The van der Waals surface area contributed by atoms with E-state index in [1.807, 2.05) is 27.7 Å². The lowest BCUT2D eigenvalue weighted by Gasteiger charge is -2.48. The zero-order chi connectivity index (χ0) is 15.1. The quantitative estimate of drug-likeness (QED) is 0.792. The van der Waals surface area contributed by atoms with Gasteiger partial charge in [0.15, 0.2) is 11.6 Å². The second-order valence-electron chi connectivity index (χ2n) is 6.38. The Morgan fingerprint density at radius 2 is 1.55 bits per heavy atom. The first-order valence-electron chi connectivity index (χ1n) is 6.48. The number of anilines is 1. The molecule has 1 heterocycles. The fourth-order valence-electron chi connectivity index (χ4n) is 2.88. The summed E-state index contributed by atoms with van der Waals surface area (Å²) >= 11 is 0. The normalized spacial score (nSPS) is 20.6. The predicted molar refractivity (Wildman–Crippen MR) is 72.5 cm³/mol. The molecule has 0 atom stereocenters. The molecule has 0 spiro atoms. The van der Waals surface area contributed by atoms with Gasteiger partial charge in [-0.25, -0.2) is 8.78 Å². The number of hydrogen-bond acceptors (Lipinski definition) is 3. The smallest absolute Gasteiger partial charge is 0.150 e. The van der Waals surface area contributed by atoms with Gasteiger partial charge in [0.2, 0.25) is 0 Å². The maximum atomic E-state index is 14.1. The number of hydrogen-bond donors (Lipinski definition) is 0. The van der Waals surface area contributed by atoms with Gasteiger partial charge in [-0.2, -0.15) is 5.26 Å². The summed E-state index contributed by atoms with van der Waals surface area (Å²) in [6.45, 7) is 8.33. The minimum Gasteiger partial charge on any atom is -0.366 e. The van der Waals surface area contributed by atoms with Gasteiger partial charge in [-0.1, -0.05) is 0 Å². The van der Waals surface area contributed by atoms with Crippen molar-refractivity contribution >= 4 is 5.69 Å². The lowest BCUT2D eigenvalue weighted by Crippen LogP contribution is -2.57. The number of halogens is 2. The molecule has 3 nitrogen and oxygen atoms in total. The van der Waals surface area contributed by atoms with Gasteiger partial charge < -0.3 is 9.64 Å². The van der Waals surface area contributed by atoms with Gasteiger partial charge in [-0.05, 0) is 39.8 Å². The lowest BCUT2D eigenvalue weighted by atomic mass is 9.98. The second-order valence-corrected chi connectivity index (χ2v) is 6.38. The summed E-state index contributed by atoms with van der Waals surface area (Å²) in [6, 6.07) is 3.87. The second kappa shape index (κ2) is 4.71. The van der Waals surface area contributed by atoms with Crippen molar-refractivity contribution in [3.05, 3.63) is 29.3 Å². The van der Waals surface area contributed by atoms with Crippen LogP contribution in [0.2, 0.25) is 0 Å². The van der Waals surface area contributed by atoms with Crippen molar-refractivity contribution in [2.24, 2.45) is 0 Å². The summed E-state index contributed by atoms with van der Waals surface area (Å²) in [4.78, 5) is 1.65. The Hall–Kier alpha value is -1.67. The number of nitrogens with zero attached hydrogens (tertiary/aromatic N) is 2. The molecule has 20 heavy (non-hydrogen) atoms. The van der Waals surface area contributed by atoms with Crippen molar-refractivity contribution in [2.45, 2.75) is 38.9 Å². The van der Waals surface area contributed by atoms with E-state index in [0.717, 1.165) is 12.1 Å². The number of nitriles is 1. The maximum Gasteiger partial charge on any atom is 0.150 e. The van der Waals surface area contributed by atoms with Gasteiger partial charge in [0.25, 0.3) is 0 Å². The molecular weight excluding hydrogens is 262 g/mol. The van der Waals surface area contributed by atoms with Crippen LogP contribution in [0, 0.1) is 23.0 Å². The Balaban J connectivity index is 2.44. The van der Waals surface area contributed by atoms with E-state index in [1.165, 1.54) is 0 Å². The molecule has 1 aromatic carbocycles. The Kier molecular flexibility index (Phi) is 3.47. The van der Waals surface area contributed by atoms with Crippen LogP contribution in [0.25, 0.3) is 0 Å². The largest absolute Gasteiger partial charge is 0.366 e. The summed E-state index contributed by atoms with van der Waals surface area (Å²) in [5.41, 5.74) is -1.12. The fourth-order valence-corrected chi connectivity index (χ4v) is 2.88. The fraction of sp³-hybridized carbons (Fsp3) is 0.533. The van der Waals surface area contributed by atoms with Gasteiger partial charge >= 0.3 is 0 Å². The topological polar surface area (TPSA) is 36.3 Å². The van der Waals surface area contributed by atoms with E-state index in [1.54, 1.807) is 11.0 Å². The van der Waals surface area contributed by atoms with E-state index in [9.17, 15) is 8.78 Å². The summed E-state index contributed by atoms with van der Waals surface area (Å²) in [7, 11) is 0. The summed E-state index contributed by atoms with van der Waals surface area (Å²) in [5.74, 6) is -1.43. The van der Waals surface area contributed by atoms with Crippen LogP contribution >= 0.6 is 0 Å². The molecule has 1 fully saturated rings. The molecule has 5 heteroatoms. The zero-order valence-electron chi connectivity index (χ0n) is 12.1. The molecule has 0 radical (unpaired) electrons. The molecule has 1 saturated heterocycles. The van der Waals surface area contributed by atoms with Gasteiger partial charge in [0.05, 0.1) is 22.8 Å². The van der Waals surface area contributed by atoms with Crippen LogP contribution in [0.15, 0.2) is 12.1 Å². The first kappa shape index (κ1) is 14.7. The highest BCUT2D eigenvalue weighted by Crippen LogP contribution is 2.34. The van der Waals surface area contributed by atoms with Crippen LogP contribution in [0.1, 0.15) is 33.3 Å². The van der Waals surface area contributed by atoms with Crippen molar-refractivity contribution in [1.82, 2.24) is 0 Å². The van der Waals surface area contributed by atoms with E-state index >= 15 is 0 Å². The molecule has 0 amide bonds. The van der Waals surface area contributed by atoms with Crippen LogP contribution in [0.4, 0.5) is 14.5 Å². The third-order valence-corrected chi connectivity index (χ3v) is 3.16. The maximum absolute atomic E-state index is 14.1. The minimum absolute atomic E-state index is 0.0180. The van der Waals surface area contributed by atoms with Gasteiger partial charge in [0, 0.05) is 13.1 Å². The third-order valence-electron chi connectivity index (χ3n) is 3.16. The molecule has 0 aliphatic carbocycles. The average molecular weight is 280 g/mol. The summed E-state index contributed by atoms with van der Waals surface area (Å²) in [5, 5.41) is 8.74. The lowest BCUT2D eigenvalue weighted by molar-refractivity contribution is -0.133. The number of morpholine rings is 1. The molecule has 0 aromatic heterocycles. The Bertz CT molecular complexity index is 537. The highest BCUT2D eigenvalue weighted by molar-refractivity contribution is 5.53. The van der Waals surface area contributed by atoms with Crippen LogP contribution in [-0.4, -0.2) is 24.3 Å². The highest BCUT2D eigenvalue weighted by Gasteiger charge is 2.39. The SMILES string of the molecule is CC1(C)CN(c2c(F)cc(C#N)cc2F)CC(C)(C)O1. The van der Waals surface area contributed by atoms with E-state index in [2.05, 4.69) is 0 Å². The van der Waals surface area contributed by atoms with E-state index in [-0.39, 0.29) is 11.3 Å². The van der Waals surface area contributed by atoms with Crippen molar-refractivity contribution in [1.29, 1.82) is 5.26 Å². The Labute approximate surface area is 117 Å². The van der Waals surface area contributed by atoms with Gasteiger partial charge in [0.1, 0.15) is 5.69 Å². The molecule has 1 aliphatic rings. The minimum atomic E-state index is -0.713. The molecule has 0 unspecified atom stereocenters. The van der Waals surface area contributed by atoms with Gasteiger partial charge in [-0.15, -0.1) is 0 Å². The molecule has 1 aromatic rings. The zero-order valence-corrected chi connectivity index (χ0v) is 12.1. The van der Waals surface area contributed by atoms with Crippen LogP contribution in [0.5, 0.6) is 0 Å². The van der Waals surface area contributed by atoms with Crippen LogP contribution in [-0.2, 0) is 4.74 Å². The molecule has 0 saturated carbocycles. The molecular formula is C15H18F2N2O. The Morgan fingerprint density at radius 3 is 1.95 bits per heavy atom. The number of rotatable bonds is 1. The molecule has 108 valence electrons. The first-order chi connectivity index (χ1) is 9.13. The third kappa shape index (κ3) is 2.91. The summed E-state index contributed by atoms with van der Waals surface area (Å²) < 4.78 is 34.1. The number of ether oxygens (including phenoxy) is 1. The Morgan fingerprint density at radius 1 is 1.10 bits per heavy atom. The summed E-state index contributed by atoms with van der Waals surface area (Å²) in [6.07, 6.45) is 0. The van der Waals surface area contributed by atoms with E-state index < -0.39 is 22.8 Å². The van der Waals surface area contributed by atoms with Crippen molar-refractivity contribution in [3.63, 3.8) is 0 Å². The van der Waals surface area contributed by atoms with E-state index in [4.69, 9.17) is 10.00 Å². The molecule has 0 N–H and O–H groups in total. The highest BCUT2D eigenvalue weighted by atomic mass is 19.1. The number of benzene rings is 1. The van der Waals surface area contributed by atoms with Crippen molar-refractivity contribution in [3.8, 4) is 6.07 Å². The molecule has 2 rings (SSSR count). The first-order valence-corrected chi connectivity index (χ1v) is 6.48. The van der Waals surface area contributed by atoms with Crippen LogP contribution < -0.4 is 4.90 Å².